The minimum Gasteiger partial charge on any atom is -0.481 e. The Morgan fingerprint density at radius 3 is 2.14 bits per heavy atom. The fraction of sp³-hybridized carbons (Fsp3) is 0.619. The maximum atomic E-state index is 13.0. The Balaban J connectivity index is 2.95. The second-order valence-corrected chi connectivity index (χ2v) is 9.28. The van der Waals surface area contributed by atoms with Crippen LogP contribution in [0, 0.1) is 5.92 Å². The Kier molecular flexibility index (Phi) is 12.8. The summed E-state index contributed by atoms with van der Waals surface area (Å²) in [5.74, 6) is -4.50. The molecule has 35 heavy (non-hydrogen) atoms. The van der Waals surface area contributed by atoms with E-state index in [1.165, 1.54) is 24.3 Å². The van der Waals surface area contributed by atoms with Crippen LogP contribution in [0.1, 0.15) is 38.8 Å². The van der Waals surface area contributed by atoms with E-state index in [9.17, 15) is 29.1 Å². The number of nitrogens with zero attached hydrogens (tertiary/aromatic N) is 1. The molecule has 4 atom stereocenters. The third-order valence-corrected chi connectivity index (χ3v) is 5.73. The summed E-state index contributed by atoms with van der Waals surface area (Å²) in [6.45, 7) is 3.20. The number of carboxylic acids is 2. The summed E-state index contributed by atoms with van der Waals surface area (Å²) in [4.78, 5) is 67.6. The highest BCUT2D eigenvalue weighted by atomic mass is 32.2. The van der Waals surface area contributed by atoms with Crippen molar-refractivity contribution in [1.82, 2.24) is 25.9 Å². The molecule has 1 aromatic rings. The Morgan fingerprint density at radius 2 is 1.63 bits per heavy atom. The number of thioether (sulfide) groups is 1. The van der Waals surface area contributed by atoms with E-state index in [0.29, 0.717) is 11.4 Å². The van der Waals surface area contributed by atoms with Gasteiger partial charge in [0.05, 0.1) is 12.4 Å². The van der Waals surface area contributed by atoms with Gasteiger partial charge in [-0.3, -0.25) is 19.2 Å². The molecule has 4 unspecified atom stereocenters. The van der Waals surface area contributed by atoms with Crippen molar-refractivity contribution in [2.45, 2.75) is 63.7 Å². The molecular formula is C21H34N6O7S. The number of amides is 3. The van der Waals surface area contributed by atoms with Crippen molar-refractivity contribution < 1.29 is 34.2 Å². The van der Waals surface area contributed by atoms with Crippen LogP contribution in [0.25, 0.3) is 0 Å². The van der Waals surface area contributed by atoms with Gasteiger partial charge in [0, 0.05) is 24.7 Å². The topological polar surface area (TPSA) is 217 Å². The number of imidazole rings is 1. The van der Waals surface area contributed by atoms with E-state index in [2.05, 4.69) is 25.9 Å². The molecule has 0 aliphatic rings. The zero-order valence-corrected chi connectivity index (χ0v) is 20.8. The Bertz CT molecular complexity index is 864. The van der Waals surface area contributed by atoms with Crippen molar-refractivity contribution in [2.24, 2.45) is 11.7 Å². The fourth-order valence-electron chi connectivity index (χ4n) is 3.09. The zero-order chi connectivity index (χ0) is 26.5. The summed E-state index contributed by atoms with van der Waals surface area (Å²) in [5.41, 5.74) is 6.59. The quantitative estimate of drug-likeness (QED) is 0.144. The number of hydrogen-bond donors (Lipinski definition) is 7. The van der Waals surface area contributed by atoms with Crippen LogP contribution in [0.2, 0.25) is 0 Å². The number of aromatic amines is 1. The highest BCUT2D eigenvalue weighted by Crippen LogP contribution is 2.07. The van der Waals surface area contributed by atoms with Gasteiger partial charge in [-0.25, -0.2) is 9.78 Å². The number of hydrogen-bond acceptors (Lipinski definition) is 8. The lowest BCUT2D eigenvalue weighted by molar-refractivity contribution is -0.144. The lowest BCUT2D eigenvalue weighted by Crippen LogP contribution is -2.58. The summed E-state index contributed by atoms with van der Waals surface area (Å²) in [7, 11) is 0. The Morgan fingerprint density at radius 1 is 1.03 bits per heavy atom. The van der Waals surface area contributed by atoms with Gasteiger partial charge in [0.15, 0.2) is 0 Å². The molecule has 1 rings (SSSR count). The first-order chi connectivity index (χ1) is 16.5. The van der Waals surface area contributed by atoms with Gasteiger partial charge in [-0.2, -0.15) is 11.8 Å². The molecule has 0 fully saturated rings. The Labute approximate surface area is 207 Å². The van der Waals surface area contributed by atoms with Gasteiger partial charge in [0.1, 0.15) is 18.1 Å². The van der Waals surface area contributed by atoms with E-state index in [0.717, 1.165) is 0 Å². The first-order valence-corrected chi connectivity index (χ1v) is 12.4. The third-order valence-electron chi connectivity index (χ3n) is 5.09. The highest BCUT2D eigenvalue weighted by Gasteiger charge is 2.31. The van der Waals surface area contributed by atoms with Crippen molar-refractivity contribution >= 4 is 41.4 Å². The molecule has 0 aliphatic heterocycles. The van der Waals surface area contributed by atoms with Crippen LogP contribution in [-0.4, -0.2) is 86.0 Å². The van der Waals surface area contributed by atoms with Crippen LogP contribution in [0.15, 0.2) is 12.5 Å². The number of carboxylic acid groups (broad SMARTS) is 2. The predicted octanol–water partition coefficient (Wildman–Crippen LogP) is -0.908. The van der Waals surface area contributed by atoms with E-state index < -0.39 is 66.2 Å². The van der Waals surface area contributed by atoms with E-state index in [-0.39, 0.29) is 19.3 Å². The number of aliphatic carboxylic acids is 2. The number of aromatic nitrogens is 2. The van der Waals surface area contributed by atoms with E-state index in [1.54, 1.807) is 13.8 Å². The normalized spacial score (nSPS) is 14.4. The van der Waals surface area contributed by atoms with Crippen LogP contribution < -0.4 is 21.7 Å². The first-order valence-electron chi connectivity index (χ1n) is 11.0. The molecule has 196 valence electrons. The van der Waals surface area contributed by atoms with Gasteiger partial charge in [-0.1, -0.05) is 13.8 Å². The van der Waals surface area contributed by atoms with Crippen LogP contribution in [0.3, 0.4) is 0 Å². The molecular weight excluding hydrogens is 480 g/mol. The molecule has 0 saturated carbocycles. The summed E-state index contributed by atoms with van der Waals surface area (Å²) < 4.78 is 0. The van der Waals surface area contributed by atoms with Crippen LogP contribution in [0.4, 0.5) is 0 Å². The van der Waals surface area contributed by atoms with Crippen LogP contribution >= 0.6 is 11.8 Å². The number of nitrogens with two attached hydrogens (primary N) is 1. The second kappa shape index (κ2) is 15.0. The molecule has 14 heteroatoms. The second-order valence-electron chi connectivity index (χ2n) is 8.29. The number of H-pyrrole nitrogens is 1. The molecule has 0 spiro atoms. The van der Waals surface area contributed by atoms with Gasteiger partial charge in [0.2, 0.25) is 17.7 Å². The molecule has 3 amide bonds. The molecule has 0 aliphatic carbocycles. The number of carbonyl (C=O) groups excluding carboxylic acids is 3. The first kappa shape index (κ1) is 29.9. The zero-order valence-electron chi connectivity index (χ0n) is 19.9. The van der Waals surface area contributed by atoms with E-state index in [1.807, 2.05) is 6.26 Å². The van der Waals surface area contributed by atoms with Crippen molar-refractivity contribution in [2.75, 3.05) is 12.0 Å². The van der Waals surface area contributed by atoms with Gasteiger partial charge in [-0.05, 0) is 30.8 Å². The standard InChI is InChI=1S/C21H34N6O7S/c1-11(2)17(21(33)34)27-20(32)14(4-5-16(28)29)26-19(31)15(6-7-35-3)25-18(30)13(22)8-12-9-23-10-24-12/h9-11,13-15,17H,4-8,22H2,1-3H3,(H,23,24)(H,25,30)(H,26,31)(H,27,32)(H,28,29)(H,33,34). The molecule has 0 bridgehead atoms. The van der Waals surface area contributed by atoms with Crippen molar-refractivity contribution in [3.63, 3.8) is 0 Å². The largest absolute Gasteiger partial charge is 0.481 e. The average molecular weight is 515 g/mol. The summed E-state index contributed by atoms with van der Waals surface area (Å²) >= 11 is 1.44. The molecule has 13 nitrogen and oxygen atoms in total. The Hall–Kier alpha value is -3.13. The van der Waals surface area contributed by atoms with Gasteiger partial charge < -0.3 is 36.9 Å². The maximum absolute atomic E-state index is 13.0. The number of rotatable bonds is 16. The van der Waals surface area contributed by atoms with Crippen molar-refractivity contribution in [1.29, 1.82) is 0 Å². The van der Waals surface area contributed by atoms with Gasteiger partial charge >= 0.3 is 11.9 Å². The molecule has 0 saturated heterocycles. The SMILES string of the molecule is CSCCC(NC(=O)C(N)Cc1cnc[nH]1)C(=O)NC(CCC(=O)O)C(=O)NC(C(=O)O)C(C)C. The third kappa shape index (κ3) is 10.8. The minimum atomic E-state index is -1.31. The fourth-order valence-corrected chi connectivity index (χ4v) is 3.56. The van der Waals surface area contributed by atoms with Gasteiger partial charge in [-0.15, -0.1) is 0 Å². The average Bonchev–Trinajstić information content (AvgIpc) is 3.29. The molecule has 0 radical (unpaired) electrons. The summed E-state index contributed by atoms with van der Waals surface area (Å²) in [6.07, 6.45) is 4.49. The van der Waals surface area contributed by atoms with Crippen molar-refractivity contribution in [3.05, 3.63) is 18.2 Å². The lowest BCUT2D eigenvalue weighted by atomic mass is 10.0. The van der Waals surface area contributed by atoms with E-state index in [4.69, 9.17) is 10.8 Å². The molecule has 0 aromatic carbocycles. The number of carbonyl (C=O) groups is 5. The summed E-state index contributed by atoms with van der Waals surface area (Å²) in [6, 6.07) is -4.54. The number of nitrogens with one attached hydrogen (secondary N) is 4. The molecule has 1 heterocycles. The minimum absolute atomic E-state index is 0.165. The van der Waals surface area contributed by atoms with Gasteiger partial charge in [0.25, 0.3) is 0 Å². The van der Waals surface area contributed by atoms with Crippen LogP contribution in [-0.2, 0) is 30.4 Å². The van der Waals surface area contributed by atoms with E-state index >= 15 is 0 Å². The molecule has 1 aromatic heterocycles. The monoisotopic (exact) mass is 514 g/mol. The van der Waals surface area contributed by atoms with Crippen LogP contribution in [0.5, 0.6) is 0 Å². The highest BCUT2D eigenvalue weighted by molar-refractivity contribution is 7.98. The van der Waals surface area contributed by atoms with Crippen molar-refractivity contribution in [3.8, 4) is 0 Å². The smallest absolute Gasteiger partial charge is 0.326 e. The summed E-state index contributed by atoms with van der Waals surface area (Å²) in [5, 5.41) is 25.8. The molecule has 8 N–H and O–H groups in total. The maximum Gasteiger partial charge on any atom is 0.326 e. The lowest BCUT2D eigenvalue weighted by Gasteiger charge is -2.25. The predicted molar refractivity (Wildman–Crippen MR) is 128 cm³/mol.